The van der Waals surface area contributed by atoms with Gasteiger partial charge in [-0.1, -0.05) is 36.4 Å². The topological polar surface area (TPSA) is 73.4 Å². The molecule has 1 atom stereocenters. The van der Waals surface area contributed by atoms with Crippen LogP contribution in [0.2, 0.25) is 0 Å². The zero-order valence-corrected chi connectivity index (χ0v) is 22.5. The smallest absolute Gasteiger partial charge is 0.263 e. The number of likely N-dealkylation sites (N-methyl/N-ethyl adjacent to an activating group) is 1. The number of anilines is 1. The first kappa shape index (κ1) is 26.4. The third-order valence-electron chi connectivity index (χ3n) is 7.92. The molecule has 5 rings (SSSR count). The van der Waals surface area contributed by atoms with E-state index in [9.17, 15) is 14.4 Å². The molecule has 8 heteroatoms. The molecular weight excluding hydrogens is 480 g/mol. The molecule has 0 aromatic heterocycles. The Morgan fingerprint density at radius 3 is 2.39 bits per heavy atom. The molecule has 0 bridgehead atoms. The molecule has 0 saturated carbocycles. The van der Waals surface area contributed by atoms with Gasteiger partial charge in [0.1, 0.15) is 0 Å². The van der Waals surface area contributed by atoms with Crippen LogP contribution in [0.15, 0.2) is 48.5 Å². The van der Waals surface area contributed by atoms with E-state index in [1.165, 1.54) is 4.90 Å². The minimum absolute atomic E-state index is 0.0535. The molecule has 3 heterocycles. The average molecular weight is 519 g/mol. The third kappa shape index (κ3) is 5.61. The van der Waals surface area contributed by atoms with Crippen LogP contribution in [0.4, 0.5) is 5.69 Å². The van der Waals surface area contributed by atoms with Crippen LogP contribution in [0.3, 0.4) is 0 Å². The number of hydrogen-bond donors (Lipinski definition) is 0. The van der Waals surface area contributed by atoms with Crippen LogP contribution in [-0.4, -0.2) is 92.0 Å². The average Bonchev–Trinajstić information content (AvgIpc) is 3.54. The highest BCUT2D eigenvalue weighted by Crippen LogP contribution is 2.35. The largest absolute Gasteiger partial charge is 0.376 e. The molecule has 0 N–H and O–H groups in total. The number of rotatable bonds is 9. The number of benzene rings is 2. The van der Waals surface area contributed by atoms with Gasteiger partial charge in [0, 0.05) is 45.2 Å². The summed E-state index contributed by atoms with van der Waals surface area (Å²) in [4.78, 5) is 47.7. The lowest BCUT2D eigenvalue weighted by Gasteiger charge is -2.36. The van der Waals surface area contributed by atoms with Crippen molar-refractivity contribution in [1.29, 1.82) is 0 Å². The van der Waals surface area contributed by atoms with Gasteiger partial charge in [-0.2, -0.15) is 0 Å². The number of nitrogens with zero attached hydrogens (tertiary/aromatic N) is 4. The Labute approximate surface area is 225 Å². The van der Waals surface area contributed by atoms with Crippen LogP contribution in [0.25, 0.3) is 0 Å². The van der Waals surface area contributed by atoms with Crippen molar-refractivity contribution in [3.8, 4) is 0 Å². The fourth-order valence-corrected chi connectivity index (χ4v) is 5.75. The number of ether oxygens (including phenoxy) is 1. The van der Waals surface area contributed by atoms with E-state index in [1.807, 2.05) is 49.3 Å². The van der Waals surface area contributed by atoms with E-state index in [-0.39, 0.29) is 29.7 Å². The Morgan fingerprint density at radius 2 is 1.71 bits per heavy atom. The Bertz CT molecular complexity index is 1150. The maximum atomic E-state index is 13.6. The number of amides is 3. The number of imide groups is 1. The molecule has 0 aliphatic carbocycles. The summed E-state index contributed by atoms with van der Waals surface area (Å²) in [5.74, 6) is -0.318. The van der Waals surface area contributed by atoms with E-state index < -0.39 is 0 Å². The zero-order chi connectivity index (χ0) is 26.6. The van der Waals surface area contributed by atoms with Gasteiger partial charge in [-0.15, -0.1) is 0 Å². The van der Waals surface area contributed by atoms with Crippen LogP contribution in [0, 0.1) is 5.92 Å². The molecule has 1 unspecified atom stereocenters. The van der Waals surface area contributed by atoms with Crippen molar-refractivity contribution in [2.45, 2.75) is 38.3 Å². The number of carbonyl (C=O) groups is 3. The van der Waals surface area contributed by atoms with Crippen molar-refractivity contribution in [2.24, 2.45) is 5.92 Å². The molecule has 0 spiro atoms. The van der Waals surface area contributed by atoms with Gasteiger partial charge in [-0.25, -0.2) is 0 Å². The molecule has 3 aliphatic rings. The summed E-state index contributed by atoms with van der Waals surface area (Å²) in [5, 5.41) is 0. The standard InChI is InChI=1S/C30H38N4O4/c1-31(2)17-18-33(20-22-8-4-3-5-9-22)28(35)23-13-15-32(16-14-23)26-12-6-11-25-27(26)30(37)34(29(25)36)21-24-10-7-19-38-24/h3-6,8-9,11-12,23-24H,7,10,13-21H2,1-2H3. The predicted molar refractivity (Wildman–Crippen MR) is 146 cm³/mol. The van der Waals surface area contributed by atoms with Gasteiger partial charge in [0.2, 0.25) is 5.91 Å². The molecule has 0 radical (unpaired) electrons. The number of hydrogen-bond acceptors (Lipinski definition) is 6. The Hall–Kier alpha value is -3.23. The molecular formula is C30H38N4O4. The van der Waals surface area contributed by atoms with Crippen molar-refractivity contribution in [2.75, 3.05) is 58.3 Å². The van der Waals surface area contributed by atoms with Gasteiger partial charge in [-0.3, -0.25) is 19.3 Å². The monoisotopic (exact) mass is 518 g/mol. The highest BCUT2D eigenvalue weighted by molar-refractivity contribution is 6.23. The van der Waals surface area contributed by atoms with Crippen LogP contribution in [0.5, 0.6) is 0 Å². The van der Waals surface area contributed by atoms with E-state index in [0.717, 1.165) is 43.5 Å². The van der Waals surface area contributed by atoms with Crippen LogP contribution in [-0.2, 0) is 16.1 Å². The predicted octanol–water partition coefficient (Wildman–Crippen LogP) is 3.27. The van der Waals surface area contributed by atoms with Crippen molar-refractivity contribution in [3.05, 3.63) is 65.2 Å². The summed E-state index contributed by atoms with van der Waals surface area (Å²) in [6, 6.07) is 15.7. The fourth-order valence-electron chi connectivity index (χ4n) is 5.75. The lowest BCUT2D eigenvalue weighted by atomic mass is 9.93. The molecule has 38 heavy (non-hydrogen) atoms. The summed E-state index contributed by atoms with van der Waals surface area (Å²) in [6.07, 6.45) is 3.20. The van der Waals surface area contributed by atoms with E-state index in [1.54, 1.807) is 6.07 Å². The Morgan fingerprint density at radius 1 is 0.947 bits per heavy atom. The van der Waals surface area contributed by atoms with E-state index in [0.29, 0.717) is 50.5 Å². The Kier molecular flexibility index (Phi) is 8.09. The first-order chi connectivity index (χ1) is 18.4. The van der Waals surface area contributed by atoms with E-state index >= 15 is 0 Å². The van der Waals surface area contributed by atoms with Crippen molar-refractivity contribution in [1.82, 2.24) is 14.7 Å². The minimum atomic E-state index is -0.232. The van der Waals surface area contributed by atoms with Gasteiger partial charge in [0.25, 0.3) is 11.8 Å². The summed E-state index contributed by atoms with van der Waals surface area (Å²) in [6.45, 7) is 4.45. The van der Waals surface area contributed by atoms with Gasteiger partial charge in [0.15, 0.2) is 0 Å². The summed E-state index contributed by atoms with van der Waals surface area (Å²) < 4.78 is 5.68. The van der Waals surface area contributed by atoms with Gasteiger partial charge < -0.3 is 19.4 Å². The van der Waals surface area contributed by atoms with Crippen molar-refractivity contribution >= 4 is 23.4 Å². The molecule has 2 saturated heterocycles. The molecule has 3 aliphatic heterocycles. The third-order valence-corrected chi connectivity index (χ3v) is 7.92. The summed E-state index contributed by atoms with van der Waals surface area (Å²) >= 11 is 0. The minimum Gasteiger partial charge on any atom is -0.376 e. The molecule has 3 amide bonds. The lowest BCUT2D eigenvalue weighted by molar-refractivity contribution is -0.137. The Balaban J connectivity index is 1.26. The lowest BCUT2D eigenvalue weighted by Crippen LogP contribution is -2.44. The second kappa shape index (κ2) is 11.7. The molecule has 202 valence electrons. The zero-order valence-electron chi connectivity index (χ0n) is 22.5. The second-order valence-electron chi connectivity index (χ2n) is 10.9. The molecule has 2 aromatic rings. The first-order valence-electron chi connectivity index (χ1n) is 13.8. The van der Waals surface area contributed by atoms with Crippen molar-refractivity contribution in [3.63, 3.8) is 0 Å². The van der Waals surface area contributed by atoms with Gasteiger partial charge >= 0.3 is 0 Å². The highest BCUT2D eigenvalue weighted by Gasteiger charge is 2.40. The molecule has 8 nitrogen and oxygen atoms in total. The molecule has 2 fully saturated rings. The summed E-state index contributed by atoms with van der Waals surface area (Å²) in [5.41, 5.74) is 2.90. The number of carbonyl (C=O) groups excluding carboxylic acids is 3. The SMILES string of the molecule is CN(C)CCN(Cc1ccccc1)C(=O)C1CCN(c2cccc3c2C(=O)N(CC2CCCO2)C3=O)CC1. The number of piperidine rings is 1. The van der Waals surface area contributed by atoms with Crippen molar-refractivity contribution < 1.29 is 19.1 Å². The summed E-state index contributed by atoms with van der Waals surface area (Å²) in [7, 11) is 4.05. The van der Waals surface area contributed by atoms with Gasteiger partial charge in [-0.05, 0) is 57.5 Å². The maximum absolute atomic E-state index is 13.6. The van der Waals surface area contributed by atoms with Crippen LogP contribution in [0.1, 0.15) is 52.0 Å². The maximum Gasteiger partial charge on any atom is 0.263 e. The van der Waals surface area contributed by atoms with Crippen LogP contribution < -0.4 is 4.90 Å². The number of fused-ring (bicyclic) bond motifs is 1. The van der Waals surface area contributed by atoms with Crippen LogP contribution >= 0.6 is 0 Å². The van der Waals surface area contributed by atoms with E-state index in [4.69, 9.17) is 4.74 Å². The quantitative estimate of drug-likeness (QED) is 0.475. The molecule has 2 aromatic carbocycles. The normalized spacial score (nSPS) is 19.9. The second-order valence-corrected chi connectivity index (χ2v) is 10.9. The van der Waals surface area contributed by atoms with Gasteiger partial charge in [0.05, 0.1) is 29.5 Å². The first-order valence-corrected chi connectivity index (χ1v) is 13.8. The highest BCUT2D eigenvalue weighted by atomic mass is 16.5. The van der Waals surface area contributed by atoms with E-state index in [2.05, 4.69) is 21.9 Å². The fraction of sp³-hybridized carbons (Fsp3) is 0.500.